The summed E-state index contributed by atoms with van der Waals surface area (Å²) < 4.78 is 71.7. The van der Waals surface area contributed by atoms with Gasteiger partial charge in [0.25, 0.3) is 5.91 Å². The van der Waals surface area contributed by atoms with Gasteiger partial charge in [0.15, 0.2) is 0 Å². The summed E-state index contributed by atoms with van der Waals surface area (Å²) in [5.41, 5.74) is 1.43. The number of hydrogen-bond donors (Lipinski definition) is 2. The van der Waals surface area contributed by atoms with Crippen LogP contribution in [-0.4, -0.2) is 90.2 Å². The molecule has 282 valence electrons. The van der Waals surface area contributed by atoms with E-state index in [1.54, 1.807) is 57.3 Å². The average Bonchev–Trinajstić information content (AvgIpc) is 3.35. The van der Waals surface area contributed by atoms with E-state index in [-0.39, 0.29) is 61.5 Å². The number of esters is 1. The zero-order valence-electron chi connectivity index (χ0n) is 30.2. The molecule has 2 aliphatic heterocycles. The maximum Gasteiger partial charge on any atom is 0.421 e. The second kappa shape index (κ2) is 15.8. The number of fused-ring (bicyclic) bond motifs is 1. The van der Waals surface area contributed by atoms with E-state index in [0.29, 0.717) is 49.2 Å². The molecule has 1 amide bonds. The van der Waals surface area contributed by atoms with Gasteiger partial charge in [-0.3, -0.25) is 19.1 Å². The summed E-state index contributed by atoms with van der Waals surface area (Å²) in [7, 11) is -1.69. The summed E-state index contributed by atoms with van der Waals surface area (Å²) in [6, 6.07) is 10.1. The van der Waals surface area contributed by atoms with E-state index >= 15 is 0 Å². The highest BCUT2D eigenvalue weighted by molar-refractivity contribution is 7.53. The predicted octanol–water partition coefficient (Wildman–Crippen LogP) is 6.80. The number of carbonyl (C=O) groups is 2. The van der Waals surface area contributed by atoms with Gasteiger partial charge in [0, 0.05) is 62.9 Å². The fourth-order valence-corrected chi connectivity index (χ4v) is 7.79. The summed E-state index contributed by atoms with van der Waals surface area (Å²) in [6.07, 6.45) is -4.05. The molecule has 3 aromatic rings. The van der Waals surface area contributed by atoms with Crippen molar-refractivity contribution in [2.24, 2.45) is 0 Å². The first-order valence-corrected chi connectivity index (χ1v) is 18.8. The molecule has 17 heteroatoms. The average molecular weight is 748 g/mol. The number of nitrogens with one attached hydrogen (secondary N) is 2. The molecule has 0 bridgehead atoms. The SMILES string of the molecule is CCOP(=O)(Cc1ccc(Nc2ncc(C(F)(F)F)c(Nc3ccc(N4CCN(CC(=O)OC(C)(C)C)CC4)c4c3C(=O)N(C)C4)n2)cc1)OCC. The van der Waals surface area contributed by atoms with E-state index in [1.807, 2.05) is 25.7 Å². The number of rotatable bonds is 13. The van der Waals surface area contributed by atoms with Crippen molar-refractivity contribution in [2.75, 3.05) is 68.5 Å². The molecular weight excluding hydrogens is 702 g/mol. The van der Waals surface area contributed by atoms with Crippen molar-refractivity contribution < 1.29 is 41.1 Å². The van der Waals surface area contributed by atoms with Gasteiger partial charge in [0.2, 0.25) is 5.95 Å². The summed E-state index contributed by atoms with van der Waals surface area (Å²) in [5.74, 6) is -1.27. The van der Waals surface area contributed by atoms with E-state index in [4.69, 9.17) is 13.8 Å². The number of piperazine rings is 1. The molecule has 2 aromatic carbocycles. The van der Waals surface area contributed by atoms with E-state index in [9.17, 15) is 27.3 Å². The Balaban J connectivity index is 1.35. The number of amides is 1. The van der Waals surface area contributed by atoms with Crippen molar-refractivity contribution in [1.82, 2.24) is 19.8 Å². The first kappa shape index (κ1) is 39.0. The number of ether oxygens (including phenoxy) is 1. The molecule has 0 saturated carbocycles. The molecule has 0 atom stereocenters. The van der Waals surface area contributed by atoms with Crippen LogP contribution in [0.15, 0.2) is 42.6 Å². The van der Waals surface area contributed by atoms with Crippen molar-refractivity contribution in [1.29, 1.82) is 0 Å². The van der Waals surface area contributed by atoms with Crippen LogP contribution in [0.5, 0.6) is 0 Å². The van der Waals surface area contributed by atoms with Crippen molar-refractivity contribution >= 4 is 48.3 Å². The largest absolute Gasteiger partial charge is 0.459 e. The van der Waals surface area contributed by atoms with E-state index in [2.05, 4.69) is 25.5 Å². The van der Waals surface area contributed by atoms with Crippen LogP contribution in [0.25, 0.3) is 0 Å². The summed E-state index contributed by atoms with van der Waals surface area (Å²) in [5, 5.41) is 5.72. The second-order valence-electron chi connectivity index (χ2n) is 13.5. The molecule has 1 fully saturated rings. The quantitative estimate of drug-likeness (QED) is 0.141. The van der Waals surface area contributed by atoms with Gasteiger partial charge in [-0.1, -0.05) is 12.1 Å². The molecule has 0 aliphatic carbocycles. The van der Waals surface area contributed by atoms with Crippen molar-refractivity contribution in [2.45, 2.75) is 59.1 Å². The van der Waals surface area contributed by atoms with E-state index in [0.717, 1.165) is 5.69 Å². The fourth-order valence-electron chi connectivity index (χ4n) is 6.09. The fraction of sp³-hybridized carbons (Fsp3) is 0.486. The lowest BCUT2D eigenvalue weighted by atomic mass is 10.0. The molecule has 2 aliphatic rings. The molecule has 0 unspecified atom stereocenters. The molecule has 0 radical (unpaired) electrons. The van der Waals surface area contributed by atoms with Crippen LogP contribution < -0.4 is 15.5 Å². The number of carbonyl (C=O) groups excluding carboxylic acids is 2. The van der Waals surface area contributed by atoms with Gasteiger partial charge in [0.1, 0.15) is 17.0 Å². The molecule has 5 rings (SSSR count). The lowest BCUT2D eigenvalue weighted by Crippen LogP contribution is -2.49. The third kappa shape index (κ3) is 9.59. The topological polar surface area (TPSA) is 138 Å². The van der Waals surface area contributed by atoms with Crippen LogP contribution in [0.4, 0.5) is 42.0 Å². The van der Waals surface area contributed by atoms with Gasteiger partial charge in [-0.25, -0.2) is 4.98 Å². The Labute approximate surface area is 301 Å². The number of hydrogen-bond acceptors (Lipinski definition) is 12. The Morgan fingerprint density at radius 2 is 1.62 bits per heavy atom. The van der Waals surface area contributed by atoms with Crippen LogP contribution in [0, 0.1) is 0 Å². The highest BCUT2D eigenvalue weighted by Gasteiger charge is 2.37. The maximum absolute atomic E-state index is 14.2. The standard InChI is InChI=1S/C35H45F3N7O6P/c1-7-49-52(48,50-8-2)22-23-9-11-24(12-10-23)40-33-39-19-26(35(36,37)38)31(42-33)41-27-13-14-28(25-20-43(6)32(47)30(25)27)45-17-15-44(16-18-45)21-29(46)51-34(3,4)5/h9-14,19H,7-8,15-18,20-22H2,1-6H3,(H2,39,40,41,42). The highest BCUT2D eigenvalue weighted by Crippen LogP contribution is 2.51. The van der Waals surface area contributed by atoms with Gasteiger partial charge in [-0.05, 0) is 64.4 Å². The molecular formula is C35H45F3N7O6P. The van der Waals surface area contributed by atoms with Gasteiger partial charge in [0.05, 0.1) is 37.2 Å². The minimum atomic E-state index is -4.79. The number of benzene rings is 2. The lowest BCUT2D eigenvalue weighted by molar-refractivity contribution is -0.156. The first-order chi connectivity index (χ1) is 24.5. The Morgan fingerprint density at radius 3 is 2.21 bits per heavy atom. The summed E-state index contributed by atoms with van der Waals surface area (Å²) >= 11 is 0. The minimum absolute atomic E-state index is 0.0567. The van der Waals surface area contributed by atoms with Crippen molar-refractivity contribution in [3.05, 3.63) is 64.8 Å². The predicted molar refractivity (Wildman–Crippen MR) is 191 cm³/mol. The van der Waals surface area contributed by atoms with Gasteiger partial charge in [-0.2, -0.15) is 18.2 Å². The Hall–Kier alpha value is -4.24. The van der Waals surface area contributed by atoms with Gasteiger partial charge >= 0.3 is 19.7 Å². The molecule has 52 heavy (non-hydrogen) atoms. The monoisotopic (exact) mass is 747 g/mol. The Bertz CT molecular complexity index is 1800. The van der Waals surface area contributed by atoms with Gasteiger partial charge in [-0.15, -0.1) is 0 Å². The van der Waals surface area contributed by atoms with Crippen LogP contribution in [0.2, 0.25) is 0 Å². The maximum atomic E-state index is 14.2. The molecule has 1 saturated heterocycles. The number of nitrogens with zero attached hydrogens (tertiary/aromatic N) is 5. The van der Waals surface area contributed by atoms with Crippen LogP contribution in [-0.2, 0) is 42.0 Å². The zero-order chi connectivity index (χ0) is 37.8. The number of alkyl halides is 3. The normalized spacial score (nSPS) is 15.5. The van der Waals surface area contributed by atoms with Crippen molar-refractivity contribution in [3.8, 4) is 0 Å². The molecule has 3 heterocycles. The smallest absolute Gasteiger partial charge is 0.421 e. The van der Waals surface area contributed by atoms with Crippen LogP contribution in [0.1, 0.15) is 61.7 Å². The number of anilines is 5. The lowest BCUT2D eigenvalue weighted by Gasteiger charge is -2.37. The first-order valence-electron chi connectivity index (χ1n) is 17.0. The summed E-state index contributed by atoms with van der Waals surface area (Å²) in [6.45, 7) is 12.2. The third-order valence-electron chi connectivity index (χ3n) is 8.31. The molecule has 1 aromatic heterocycles. The third-order valence-corrected chi connectivity index (χ3v) is 10.4. The van der Waals surface area contributed by atoms with Crippen LogP contribution in [0.3, 0.4) is 0 Å². The zero-order valence-corrected chi connectivity index (χ0v) is 31.1. The number of aromatic nitrogens is 2. The second-order valence-corrected chi connectivity index (χ2v) is 15.6. The van der Waals surface area contributed by atoms with E-state index < -0.39 is 30.8 Å². The van der Waals surface area contributed by atoms with Crippen LogP contribution >= 0.6 is 7.60 Å². The Kier molecular flexibility index (Phi) is 11.8. The van der Waals surface area contributed by atoms with Crippen molar-refractivity contribution in [3.63, 3.8) is 0 Å². The summed E-state index contributed by atoms with van der Waals surface area (Å²) in [4.78, 5) is 39.5. The minimum Gasteiger partial charge on any atom is -0.459 e. The van der Waals surface area contributed by atoms with E-state index in [1.165, 1.54) is 4.90 Å². The highest BCUT2D eigenvalue weighted by atomic mass is 31.2. The molecule has 0 spiro atoms. The number of halogens is 3. The van der Waals surface area contributed by atoms with Gasteiger partial charge < -0.3 is 34.2 Å². The molecule has 13 nitrogen and oxygen atoms in total. The molecule has 2 N–H and O–H groups in total. The Morgan fingerprint density at radius 1 is 0.962 bits per heavy atom.